The summed E-state index contributed by atoms with van der Waals surface area (Å²) in [5.74, 6) is 0.891. The molecule has 1 amide bonds. The number of hydrogen-bond donors (Lipinski definition) is 1. The summed E-state index contributed by atoms with van der Waals surface area (Å²) in [6.45, 7) is 13.7. The number of carbonyl (C=O) groups excluding carboxylic acids is 1. The number of anilines is 1. The molecule has 2 fully saturated rings. The van der Waals surface area contributed by atoms with Crippen LogP contribution in [0.5, 0.6) is 6.01 Å². The van der Waals surface area contributed by atoms with Gasteiger partial charge < -0.3 is 25.0 Å². The predicted octanol–water partition coefficient (Wildman–Crippen LogP) is 3.93. The molecule has 0 saturated carbocycles. The van der Waals surface area contributed by atoms with Gasteiger partial charge in [-0.05, 0) is 85.2 Å². The Labute approximate surface area is 214 Å². The standard InChI is InChI=1S/C26H43N7O3/c1-6-8-18(2)35-24-29-22(27)23-28-16-21(33(23)30-24)15-19-10-13-31(14-11-19)17-20-9-7-12-32(20)25(34)36-26(3,4)5/h16,18-20H,6-15,17H2,1-5H3,(H2,27,29,30)/t18-,20?/m0/s1. The average molecular weight is 502 g/mol. The fourth-order valence-electron chi connectivity index (χ4n) is 5.32. The molecule has 2 aromatic heterocycles. The van der Waals surface area contributed by atoms with E-state index >= 15 is 0 Å². The van der Waals surface area contributed by atoms with Crippen LogP contribution in [0, 0.1) is 5.92 Å². The highest BCUT2D eigenvalue weighted by Crippen LogP contribution is 2.26. The van der Waals surface area contributed by atoms with Crippen LogP contribution in [-0.4, -0.2) is 79.4 Å². The van der Waals surface area contributed by atoms with Crippen LogP contribution < -0.4 is 10.5 Å². The summed E-state index contributed by atoms with van der Waals surface area (Å²) >= 11 is 0. The summed E-state index contributed by atoms with van der Waals surface area (Å²) in [4.78, 5) is 25.8. The van der Waals surface area contributed by atoms with Gasteiger partial charge in [0.05, 0.1) is 18.0 Å². The zero-order valence-electron chi connectivity index (χ0n) is 22.6. The Hall–Kier alpha value is -2.62. The van der Waals surface area contributed by atoms with E-state index in [0.717, 1.165) is 76.8 Å². The number of ether oxygens (including phenoxy) is 2. The lowest BCUT2D eigenvalue weighted by Gasteiger charge is -2.36. The average Bonchev–Trinajstić information content (AvgIpc) is 3.42. The highest BCUT2D eigenvalue weighted by molar-refractivity contribution is 5.69. The van der Waals surface area contributed by atoms with Crippen molar-refractivity contribution < 1.29 is 14.3 Å². The Morgan fingerprint density at radius 3 is 2.67 bits per heavy atom. The molecule has 0 radical (unpaired) electrons. The lowest BCUT2D eigenvalue weighted by atomic mass is 9.92. The topological polar surface area (TPSA) is 111 Å². The Morgan fingerprint density at radius 1 is 1.22 bits per heavy atom. The molecule has 36 heavy (non-hydrogen) atoms. The number of rotatable bonds is 8. The molecule has 0 aromatic carbocycles. The van der Waals surface area contributed by atoms with E-state index < -0.39 is 5.60 Å². The lowest BCUT2D eigenvalue weighted by Crippen LogP contribution is -2.47. The third kappa shape index (κ3) is 6.57. The number of carbonyl (C=O) groups is 1. The Kier molecular flexibility index (Phi) is 8.22. The third-order valence-corrected chi connectivity index (χ3v) is 7.12. The quantitative estimate of drug-likeness (QED) is 0.579. The monoisotopic (exact) mass is 501 g/mol. The molecule has 2 N–H and O–H groups in total. The molecule has 0 spiro atoms. The Balaban J connectivity index is 1.32. The van der Waals surface area contributed by atoms with E-state index in [4.69, 9.17) is 15.2 Å². The van der Waals surface area contributed by atoms with Crippen LogP contribution in [0.4, 0.5) is 10.6 Å². The first-order chi connectivity index (χ1) is 17.1. The molecule has 10 heteroatoms. The summed E-state index contributed by atoms with van der Waals surface area (Å²) in [6, 6.07) is 0.546. The molecule has 2 aliphatic heterocycles. The number of fused-ring (bicyclic) bond motifs is 1. The fourth-order valence-corrected chi connectivity index (χ4v) is 5.32. The van der Waals surface area contributed by atoms with Crippen molar-refractivity contribution >= 4 is 17.6 Å². The maximum absolute atomic E-state index is 12.6. The molecule has 0 bridgehead atoms. The van der Waals surface area contributed by atoms with Crippen molar-refractivity contribution in [3.8, 4) is 6.01 Å². The second-order valence-electron chi connectivity index (χ2n) is 11.4. The van der Waals surface area contributed by atoms with Crippen molar-refractivity contribution in [3.63, 3.8) is 0 Å². The van der Waals surface area contributed by atoms with Crippen molar-refractivity contribution in [1.82, 2.24) is 29.4 Å². The minimum Gasteiger partial charge on any atom is -0.459 e. The van der Waals surface area contributed by atoms with Crippen LogP contribution in [-0.2, 0) is 11.2 Å². The maximum atomic E-state index is 12.6. The first-order valence-electron chi connectivity index (χ1n) is 13.5. The molecule has 10 nitrogen and oxygen atoms in total. The first-order valence-corrected chi connectivity index (χ1v) is 13.5. The van der Waals surface area contributed by atoms with Gasteiger partial charge in [0.1, 0.15) is 5.60 Å². The highest BCUT2D eigenvalue weighted by atomic mass is 16.6. The number of hydrogen-bond acceptors (Lipinski definition) is 8. The Morgan fingerprint density at radius 2 is 1.97 bits per heavy atom. The van der Waals surface area contributed by atoms with Crippen LogP contribution in [0.2, 0.25) is 0 Å². The van der Waals surface area contributed by atoms with E-state index in [0.29, 0.717) is 23.4 Å². The van der Waals surface area contributed by atoms with Crippen LogP contribution in [0.3, 0.4) is 0 Å². The summed E-state index contributed by atoms with van der Waals surface area (Å²) in [6.07, 6.45) is 8.88. The number of amides is 1. The van der Waals surface area contributed by atoms with Crippen LogP contribution in [0.15, 0.2) is 6.20 Å². The second kappa shape index (κ2) is 11.2. The molecular weight excluding hydrogens is 458 g/mol. The minimum atomic E-state index is -0.462. The maximum Gasteiger partial charge on any atom is 0.410 e. The highest BCUT2D eigenvalue weighted by Gasteiger charge is 2.34. The van der Waals surface area contributed by atoms with Gasteiger partial charge >= 0.3 is 12.1 Å². The van der Waals surface area contributed by atoms with Gasteiger partial charge in [-0.1, -0.05) is 13.3 Å². The molecule has 0 aliphatic carbocycles. The van der Waals surface area contributed by atoms with Crippen molar-refractivity contribution in [3.05, 3.63) is 11.9 Å². The van der Waals surface area contributed by atoms with Gasteiger partial charge in [-0.2, -0.15) is 4.98 Å². The van der Waals surface area contributed by atoms with Gasteiger partial charge in [0, 0.05) is 19.1 Å². The van der Waals surface area contributed by atoms with E-state index in [-0.39, 0.29) is 18.2 Å². The van der Waals surface area contributed by atoms with Gasteiger partial charge in [0.25, 0.3) is 0 Å². The van der Waals surface area contributed by atoms with Crippen molar-refractivity contribution in [1.29, 1.82) is 0 Å². The molecule has 1 unspecified atom stereocenters. The van der Waals surface area contributed by atoms with E-state index in [1.165, 1.54) is 0 Å². The normalized spacial score (nSPS) is 20.7. The van der Waals surface area contributed by atoms with Crippen LogP contribution in [0.25, 0.3) is 5.65 Å². The number of piperidine rings is 1. The smallest absolute Gasteiger partial charge is 0.410 e. The summed E-state index contributed by atoms with van der Waals surface area (Å²) < 4.78 is 13.3. The van der Waals surface area contributed by atoms with E-state index in [9.17, 15) is 4.79 Å². The SMILES string of the molecule is CCC[C@H](C)Oc1nc(N)c2ncc(CC3CCN(CC4CCCN4C(=O)OC(C)(C)C)CC3)n2n1. The van der Waals surface area contributed by atoms with Crippen LogP contribution >= 0.6 is 0 Å². The molecule has 4 heterocycles. The predicted molar refractivity (Wildman–Crippen MR) is 139 cm³/mol. The molecule has 200 valence electrons. The largest absolute Gasteiger partial charge is 0.459 e. The van der Waals surface area contributed by atoms with E-state index in [2.05, 4.69) is 26.9 Å². The molecule has 2 aromatic rings. The van der Waals surface area contributed by atoms with E-state index in [1.54, 1.807) is 4.52 Å². The van der Waals surface area contributed by atoms with Gasteiger partial charge in [-0.25, -0.2) is 14.3 Å². The molecule has 4 rings (SSSR count). The molecule has 2 aliphatic rings. The summed E-state index contributed by atoms with van der Waals surface area (Å²) in [7, 11) is 0. The Bertz CT molecular complexity index is 1030. The number of nitrogens with two attached hydrogens (primary N) is 1. The zero-order valence-corrected chi connectivity index (χ0v) is 22.6. The fraction of sp³-hybridized carbons (Fsp3) is 0.769. The van der Waals surface area contributed by atoms with Crippen molar-refractivity contribution in [2.45, 2.75) is 97.3 Å². The number of nitrogen functional groups attached to an aromatic ring is 1. The minimum absolute atomic E-state index is 0.0364. The third-order valence-electron chi connectivity index (χ3n) is 7.12. The van der Waals surface area contributed by atoms with E-state index in [1.807, 2.05) is 38.8 Å². The van der Waals surface area contributed by atoms with Gasteiger partial charge in [-0.15, -0.1) is 5.10 Å². The number of aromatic nitrogens is 4. The molecule has 2 saturated heterocycles. The number of likely N-dealkylation sites (tertiary alicyclic amines) is 2. The van der Waals surface area contributed by atoms with Gasteiger partial charge in [0.2, 0.25) is 0 Å². The van der Waals surface area contributed by atoms with Crippen molar-refractivity contribution in [2.24, 2.45) is 5.92 Å². The lowest BCUT2D eigenvalue weighted by molar-refractivity contribution is 0.0184. The molecule has 2 atom stereocenters. The van der Waals surface area contributed by atoms with Crippen LogP contribution in [0.1, 0.15) is 78.8 Å². The first kappa shape index (κ1) is 26.4. The van der Waals surface area contributed by atoms with Gasteiger partial charge in [-0.3, -0.25) is 0 Å². The second-order valence-corrected chi connectivity index (χ2v) is 11.4. The molecular formula is C26H43N7O3. The van der Waals surface area contributed by atoms with Crippen molar-refractivity contribution in [2.75, 3.05) is 31.9 Å². The zero-order chi connectivity index (χ0) is 25.9. The number of imidazole rings is 1. The van der Waals surface area contributed by atoms with Gasteiger partial charge in [0.15, 0.2) is 11.5 Å². The summed E-state index contributed by atoms with van der Waals surface area (Å²) in [5, 5.41) is 4.60. The number of nitrogens with zero attached hydrogens (tertiary/aromatic N) is 6. The summed E-state index contributed by atoms with van der Waals surface area (Å²) in [5.41, 5.74) is 7.32.